The van der Waals surface area contributed by atoms with Gasteiger partial charge in [-0.25, -0.2) is 0 Å². The Labute approximate surface area is 167 Å². The van der Waals surface area contributed by atoms with Crippen LogP contribution in [0.25, 0.3) is 11.1 Å². The van der Waals surface area contributed by atoms with Crippen molar-refractivity contribution in [3.05, 3.63) is 94.1 Å². The summed E-state index contributed by atoms with van der Waals surface area (Å²) in [5, 5.41) is 0. The number of rotatable bonds is 2. The molecule has 0 radical (unpaired) electrons. The van der Waals surface area contributed by atoms with E-state index in [2.05, 4.69) is 51.6 Å². The summed E-state index contributed by atoms with van der Waals surface area (Å²) in [6, 6.07) is 14.7. The van der Waals surface area contributed by atoms with Crippen LogP contribution in [0.3, 0.4) is 0 Å². The van der Waals surface area contributed by atoms with Crippen LogP contribution in [0.15, 0.2) is 66.3 Å². The lowest BCUT2D eigenvalue weighted by atomic mass is 9.78. The smallest absolute Gasteiger partial charge is 0.171 e. The van der Waals surface area contributed by atoms with E-state index in [0.717, 1.165) is 36.0 Å². The number of ketones is 1. The van der Waals surface area contributed by atoms with Crippen molar-refractivity contribution in [2.75, 3.05) is 0 Å². The largest absolute Gasteiger partial charge is 0.293 e. The maximum Gasteiger partial charge on any atom is 0.171 e. The number of hydrogen-bond acceptors (Lipinski definition) is 1. The van der Waals surface area contributed by atoms with E-state index >= 15 is 0 Å². The molecule has 0 amide bonds. The first kappa shape index (κ1) is 17.4. The molecule has 140 valence electrons. The standard InChI is InChI=1S/C27H26O/c1-16-9-11-20-21-12-10-18(15-25(21)27(3,4)24(20)13-16)14-23-17(2)19-7-5-6-8-22(19)26(23)28/h5-8,10,12-13,15,23H,2,9,11,14H2,1,3-4H3. The van der Waals surface area contributed by atoms with Crippen LogP contribution >= 0.6 is 0 Å². The predicted molar refractivity (Wildman–Crippen MR) is 116 cm³/mol. The van der Waals surface area contributed by atoms with Crippen molar-refractivity contribution in [1.29, 1.82) is 0 Å². The lowest BCUT2D eigenvalue weighted by Crippen LogP contribution is -2.18. The molecule has 0 aliphatic heterocycles. The van der Waals surface area contributed by atoms with Gasteiger partial charge >= 0.3 is 0 Å². The van der Waals surface area contributed by atoms with Gasteiger partial charge in [0.15, 0.2) is 5.78 Å². The van der Waals surface area contributed by atoms with Crippen LogP contribution in [0.2, 0.25) is 0 Å². The van der Waals surface area contributed by atoms with Gasteiger partial charge in [0.1, 0.15) is 0 Å². The molecule has 1 heteroatoms. The van der Waals surface area contributed by atoms with Gasteiger partial charge in [-0.15, -0.1) is 0 Å². The zero-order chi connectivity index (χ0) is 19.6. The lowest BCUT2D eigenvalue weighted by Gasteiger charge is -2.25. The van der Waals surface area contributed by atoms with Gasteiger partial charge in [-0.1, -0.05) is 74.5 Å². The number of hydrogen-bond donors (Lipinski definition) is 0. The fourth-order valence-electron chi connectivity index (χ4n) is 5.31. The van der Waals surface area contributed by atoms with Crippen LogP contribution < -0.4 is 0 Å². The average Bonchev–Trinajstić information content (AvgIpc) is 3.06. The molecule has 28 heavy (non-hydrogen) atoms. The van der Waals surface area contributed by atoms with Crippen molar-refractivity contribution in [2.45, 2.75) is 45.4 Å². The maximum absolute atomic E-state index is 12.9. The summed E-state index contributed by atoms with van der Waals surface area (Å²) in [4.78, 5) is 12.9. The number of allylic oxidation sites excluding steroid dienone is 5. The number of carbonyl (C=O) groups is 1. The average molecular weight is 367 g/mol. The molecule has 0 saturated heterocycles. The third-order valence-electron chi connectivity index (χ3n) is 6.96. The minimum Gasteiger partial charge on any atom is -0.293 e. The highest BCUT2D eigenvalue weighted by Gasteiger charge is 2.38. The molecular weight excluding hydrogens is 340 g/mol. The Morgan fingerprint density at radius 3 is 2.54 bits per heavy atom. The lowest BCUT2D eigenvalue weighted by molar-refractivity contribution is 0.0958. The molecule has 0 fully saturated rings. The van der Waals surface area contributed by atoms with Crippen LogP contribution in [-0.4, -0.2) is 5.78 Å². The van der Waals surface area contributed by atoms with Crippen LogP contribution in [0.1, 0.15) is 66.2 Å². The van der Waals surface area contributed by atoms with E-state index in [1.165, 1.54) is 33.4 Å². The van der Waals surface area contributed by atoms with Gasteiger partial charge in [0, 0.05) is 11.0 Å². The maximum atomic E-state index is 12.9. The van der Waals surface area contributed by atoms with E-state index in [4.69, 9.17) is 0 Å². The Kier molecular flexibility index (Phi) is 3.68. The monoisotopic (exact) mass is 366 g/mol. The highest BCUT2D eigenvalue weighted by Crippen LogP contribution is 2.51. The van der Waals surface area contributed by atoms with Crippen LogP contribution in [0.5, 0.6) is 0 Å². The molecule has 3 aliphatic carbocycles. The SMILES string of the molecule is C=C1c2ccccc2C(=O)C1Cc1ccc2c(c1)C(C)(C)C1=C2CCC(C)=C1. The number of carbonyl (C=O) groups excluding carboxylic acids is 1. The van der Waals surface area contributed by atoms with Crippen LogP contribution in [0.4, 0.5) is 0 Å². The van der Waals surface area contributed by atoms with E-state index < -0.39 is 0 Å². The summed E-state index contributed by atoms with van der Waals surface area (Å²) >= 11 is 0. The van der Waals surface area contributed by atoms with Gasteiger partial charge in [0.2, 0.25) is 0 Å². The molecule has 3 aliphatic rings. The van der Waals surface area contributed by atoms with Crippen molar-refractivity contribution in [2.24, 2.45) is 5.92 Å². The van der Waals surface area contributed by atoms with Gasteiger partial charge in [-0.3, -0.25) is 4.79 Å². The quantitative estimate of drug-likeness (QED) is 0.590. The minimum atomic E-state index is -0.135. The number of benzene rings is 2. The van der Waals surface area contributed by atoms with E-state index in [0.29, 0.717) is 0 Å². The van der Waals surface area contributed by atoms with Crippen LogP contribution in [-0.2, 0) is 11.8 Å². The Bertz CT molecular complexity index is 1070. The second kappa shape index (κ2) is 5.91. The van der Waals surface area contributed by atoms with Crippen LogP contribution in [0, 0.1) is 5.92 Å². The Hall–Kier alpha value is -2.67. The Balaban J connectivity index is 1.50. The molecule has 2 aromatic carbocycles. The summed E-state index contributed by atoms with van der Waals surface area (Å²) in [6.45, 7) is 11.2. The molecule has 0 bridgehead atoms. The molecule has 5 rings (SSSR count). The van der Waals surface area contributed by atoms with E-state index in [-0.39, 0.29) is 17.1 Å². The molecule has 0 N–H and O–H groups in total. The minimum absolute atomic E-state index is 0.0298. The van der Waals surface area contributed by atoms with E-state index in [1.54, 1.807) is 0 Å². The van der Waals surface area contributed by atoms with Gasteiger partial charge in [0.25, 0.3) is 0 Å². The topological polar surface area (TPSA) is 17.1 Å². The van der Waals surface area contributed by atoms with Crippen molar-refractivity contribution in [3.8, 4) is 0 Å². The van der Waals surface area contributed by atoms with Gasteiger partial charge in [-0.05, 0) is 65.2 Å². The molecule has 1 unspecified atom stereocenters. The van der Waals surface area contributed by atoms with Gasteiger partial charge in [0.05, 0.1) is 5.92 Å². The molecule has 0 spiro atoms. The Morgan fingerprint density at radius 2 is 1.79 bits per heavy atom. The fourth-order valence-corrected chi connectivity index (χ4v) is 5.31. The molecule has 0 aromatic heterocycles. The first-order chi connectivity index (χ1) is 13.4. The molecule has 1 atom stereocenters. The van der Waals surface area contributed by atoms with Gasteiger partial charge in [-0.2, -0.15) is 0 Å². The summed E-state index contributed by atoms with van der Waals surface area (Å²) in [5.74, 6) is 0.0843. The molecule has 2 aromatic rings. The third kappa shape index (κ3) is 2.35. The molecule has 1 nitrogen and oxygen atoms in total. The first-order valence-corrected chi connectivity index (χ1v) is 10.2. The Morgan fingerprint density at radius 1 is 1.04 bits per heavy atom. The van der Waals surface area contributed by atoms with Crippen molar-refractivity contribution < 1.29 is 4.79 Å². The summed E-state index contributed by atoms with van der Waals surface area (Å²) < 4.78 is 0. The zero-order valence-electron chi connectivity index (χ0n) is 16.9. The molecule has 0 heterocycles. The second-order valence-electron chi connectivity index (χ2n) is 9.08. The van der Waals surface area contributed by atoms with E-state index in [1.807, 2.05) is 24.3 Å². The van der Waals surface area contributed by atoms with E-state index in [9.17, 15) is 4.79 Å². The number of Topliss-reactive ketones (excluding diaryl/α,β-unsaturated/α-hetero) is 1. The summed E-state index contributed by atoms with van der Waals surface area (Å²) in [7, 11) is 0. The third-order valence-corrected chi connectivity index (χ3v) is 6.96. The fraction of sp³-hybridized carbons (Fsp3) is 0.296. The molecular formula is C27H26O. The normalized spacial score (nSPS) is 22.1. The highest BCUT2D eigenvalue weighted by molar-refractivity contribution is 6.13. The highest BCUT2D eigenvalue weighted by atomic mass is 16.1. The summed E-state index contributed by atoms with van der Waals surface area (Å²) in [5.41, 5.74) is 11.4. The van der Waals surface area contributed by atoms with Gasteiger partial charge < -0.3 is 0 Å². The first-order valence-electron chi connectivity index (χ1n) is 10.2. The molecule has 0 saturated carbocycles. The van der Waals surface area contributed by atoms with Crippen molar-refractivity contribution in [3.63, 3.8) is 0 Å². The predicted octanol–water partition coefficient (Wildman–Crippen LogP) is 6.54. The summed E-state index contributed by atoms with van der Waals surface area (Å²) in [6.07, 6.45) is 5.43. The zero-order valence-corrected chi connectivity index (χ0v) is 16.9. The van der Waals surface area contributed by atoms with Crippen molar-refractivity contribution in [1.82, 2.24) is 0 Å². The second-order valence-corrected chi connectivity index (χ2v) is 9.08. The van der Waals surface area contributed by atoms with Crippen molar-refractivity contribution >= 4 is 16.9 Å². The number of fused-ring (bicyclic) bond motifs is 3.